The van der Waals surface area contributed by atoms with Crippen LogP contribution in [0.15, 0.2) is 24.4 Å². The van der Waals surface area contributed by atoms with Crippen molar-refractivity contribution in [3.63, 3.8) is 0 Å². The third kappa shape index (κ3) is 3.81. The fourth-order valence-corrected chi connectivity index (χ4v) is 5.23. The molecule has 3 N–H and O–H groups in total. The minimum Gasteiger partial charge on any atom is -0.367 e. The zero-order chi connectivity index (χ0) is 21.4. The molecule has 2 aliphatic rings. The molecule has 2 aliphatic heterocycles. The summed E-state index contributed by atoms with van der Waals surface area (Å²) < 4.78 is 0. The number of aromatic nitrogens is 4. The van der Waals surface area contributed by atoms with Crippen molar-refractivity contribution < 1.29 is 0 Å². The van der Waals surface area contributed by atoms with Crippen LogP contribution in [0.1, 0.15) is 43.4 Å². The van der Waals surface area contributed by atoms with Gasteiger partial charge in [0.05, 0.1) is 11.6 Å². The van der Waals surface area contributed by atoms with Crippen molar-refractivity contribution in [2.45, 2.75) is 64.1 Å². The second-order valence-corrected chi connectivity index (χ2v) is 8.74. The summed E-state index contributed by atoms with van der Waals surface area (Å²) in [4.78, 5) is 12.2. The zero-order valence-electron chi connectivity index (χ0n) is 18.0. The van der Waals surface area contributed by atoms with Crippen molar-refractivity contribution in [1.82, 2.24) is 25.1 Å². The Morgan fingerprint density at radius 2 is 2.03 bits per heavy atom. The van der Waals surface area contributed by atoms with E-state index < -0.39 is 0 Å². The van der Waals surface area contributed by atoms with Gasteiger partial charge in [0.1, 0.15) is 11.6 Å². The third-order valence-electron chi connectivity index (χ3n) is 6.66. The van der Waals surface area contributed by atoms with Crippen molar-refractivity contribution in [2.75, 3.05) is 17.2 Å². The molecule has 2 fully saturated rings. The number of piperidine rings is 1. The zero-order valence-corrected chi connectivity index (χ0v) is 18.0. The van der Waals surface area contributed by atoms with Crippen LogP contribution < -0.4 is 10.6 Å². The Morgan fingerprint density at radius 3 is 2.74 bits per heavy atom. The van der Waals surface area contributed by atoms with E-state index in [1.165, 1.54) is 12.8 Å². The molecule has 0 aliphatic carbocycles. The van der Waals surface area contributed by atoms with Gasteiger partial charge in [0.25, 0.3) is 0 Å². The lowest BCUT2D eigenvalue weighted by Gasteiger charge is -2.39. The van der Waals surface area contributed by atoms with Crippen LogP contribution in [0.5, 0.6) is 0 Å². The lowest BCUT2D eigenvalue weighted by molar-refractivity contribution is 0.136. The maximum Gasteiger partial charge on any atom is 0.153 e. The van der Waals surface area contributed by atoms with Gasteiger partial charge in [0.2, 0.25) is 0 Å². The summed E-state index contributed by atoms with van der Waals surface area (Å²) in [6.45, 7) is 4.91. The highest BCUT2D eigenvalue weighted by Gasteiger charge is 2.40. The van der Waals surface area contributed by atoms with Gasteiger partial charge in [-0.1, -0.05) is 0 Å². The fourth-order valence-electron chi connectivity index (χ4n) is 5.23. The summed E-state index contributed by atoms with van der Waals surface area (Å²) in [6.07, 6.45) is 7.06. The van der Waals surface area contributed by atoms with Gasteiger partial charge in [-0.15, -0.1) is 0 Å². The summed E-state index contributed by atoms with van der Waals surface area (Å²) in [7, 11) is 0. The molecule has 3 atom stereocenters. The predicted molar refractivity (Wildman–Crippen MR) is 121 cm³/mol. The molecule has 0 spiro atoms. The quantitative estimate of drug-likeness (QED) is 0.557. The van der Waals surface area contributed by atoms with E-state index in [0.29, 0.717) is 24.5 Å². The number of pyridine rings is 2. The van der Waals surface area contributed by atoms with E-state index in [2.05, 4.69) is 42.9 Å². The number of hydrogen-bond acceptors (Lipinski definition) is 7. The largest absolute Gasteiger partial charge is 0.367 e. The first-order valence-electron chi connectivity index (χ1n) is 11.1. The third-order valence-corrected chi connectivity index (χ3v) is 6.66. The van der Waals surface area contributed by atoms with Crippen molar-refractivity contribution in [3.05, 3.63) is 35.7 Å². The molecule has 0 aromatic carbocycles. The molecule has 0 radical (unpaired) electrons. The minimum atomic E-state index is 0.370. The number of nitrogens with one attached hydrogen (secondary N) is 3. The standard InChI is InChI=1S/C23H28N8/c1-14-11-20(30-29-14)27-22-15(2)21-19(5-3-9-25-21)23(28-22)26-16-12-17-6-7-18(13-16)31(17)10-4-8-24/h3,5,9,11,16-18H,4,6-7,10,12-13H2,1-2H3,(H3,26,27,28,29,30)/t16?,17-,18+. The summed E-state index contributed by atoms with van der Waals surface area (Å²) in [6, 6.07) is 9.80. The fraction of sp³-hybridized carbons (Fsp3) is 0.478. The number of nitrogens with zero attached hydrogens (tertiary/aromatic N) is 5. The van der Waals surface area contributed by atoms with Gasteiger partial charge in [-0.25, -0.2) is 4.98 Å². The Hall–Kier alpha value is -3.18. The molecule has 5 rings (SSSR count). The Kier molecular flexibility index (Phi) is 5.20. The minimum absolute atomic E-state index is 0.370. The first kappa shape index (κ1) is 19.8. The van der Waals surface area contributed by atoms with E-state index in [-0.39, 0.29) is 0 Å². The number of aryl methyl sites for hydroxylation is 2. The summed E-state index contributed by atoms with van der Waals surface area (Å²) in [5.74, 6) is 2.39. The number of rotatable bonds is 6. The van der Waals surface area contributed by atoms with Gasteiger partial charge in [-0.2, -0.15) is 10.4 Å². The lowest BCUT2D eigenvalue weighted by atomic mass is 9.96. The summed E-state index contributed by atoms with van der Waals surface area (Å²) in [5.41, 5.74) is 2.95. The molecule has 3 aromatic rings. The van der Waals surface area contributed by atoms with Gasteiger partial charge in [-0.05, 0) is 51.7 Å². The molecule has 8 nitrogen and oxygen atoms in total. The van der Waals surface area contributed by atoms with E-state index in [9.17, 15) is 0 Å². The van der Waals surface area contributed by atoms with Gasteiger partial charge in [-0.3, -0.25) is 15.0 Å². The Balaban J connectivity index is 1.42. The maximum atomic E-state index is 8.98. The molecular formula is C23H28N8. The van der Waals surface area contributed by atoms with Crippen LogP contribution in [0.2, 0.25) is 0 Å². The predicted octanol–water partition coefficient (Wildman–Crippen LogP) is 4.03. The number of aromatic amines is 1. The van der Waals surface area contributed by atoms with E-state index >= 15 is 0 Å². The Labute approximate surface area is 182 Å². The van der Waals surface area contributed by atoms with Crippen LogP contribution in [0.3, 0.4) is 0 Å². The van der Waals surface area contributed by atoms with Crippen LogP contribution in [-0.2, 0) is 0 Å². The molecule has 3 aromatic heterocycles. The van der Waals surface area contributed by atoms with E-state index in [1.807, 2.05) is 32.2 Å². The SMILES string of the molecule is Cc1cc(Nc2nc(NC3C[C@H]4CC[C@@H](C3)N4CCC#N)c3cccnc3c2C)n[nH]1. The highest BCUT2D eigenvalue weighted by atomic mass is 15.2. The van der Waals surface area contributed by atoms with Crippen LogP contribution in [0.4, 0.5) is 17.5 Å². The number of anilines is 3. The van der Waals surface area contributed by atoms with E-state index in [0.717, 1.165) is 59.0 Å². The normalized spacial score (nSPS) is 23.1. The summed E-state index contributed by atoms with van der Waals surface area (Å²) >= 11 is 0. The van der Waals surface area contributed by atoms with Crippen molar-refractivity contribution in [3.8, 4) is 6.07 Å². The van der Waals surface area contributed by atoms with Gasteiger partial charge in [0.15, 0.2) is 5.82 Å². The topological polar surface area (TPSA) is 106 Å². The molecule has 0 amide bonds. The smallest absolute Gasteiger partial charge is 0.153 e. The Morgan fingerprint density at radius 1 is 1.23 bits per heavy atom. The lowest BCUT2D eigenvalue weighted by Crippen LogP contribution is -2.47. The van der Waals surface area contributed by atoms with Gasteiger partial charge < -0.3 is 10.6 Å². The molecular weight excluding hydrogens is 388 g/mol. The molecule has 160 valence electrons. The number of nitriles is 1. The monoisotopic (exact) mass is 416 g/mol. The number of fused-ring (bicyclic) bond motifs is 3. The highest BCUT2D eigenvalue weighted by molar-refractivity contribution is 5.94. The first-order chi connectivity index (χ1) is 15.1. The average molecular weight is 417 g/mol. The Bertz CT molecular complexity index is 1120. The van der Waals surface area contributed by atoms with Gasteiger partial charge >= 0.3 is 0 Å². The highest BCUT2D eigenvalue weighted by Crippen LogP contribution is 2.38. The van der Waals surface area contributed by atoms with Crippen LogP contribution >= 0.6 is 0 Å². The second kappa shape index (κ2) is 8.16. The van der Waals surface area contributed by atoms with Crippen LogP contribution in [-0.4, -0.2) is 49.7 Å². The second-order valence-electron chi connectivity index (χ2n) is 8.74. The first-order valence-corrected chi connectivity index (χ1v) is 11.1. The summed E-state index contributed by atoms with van der Waals surface area (Å²) in [5, 5.41) is 24.4. The molecule has 5 heterocycles. The molecule has 2 bridgehead atoms. The maximum absolute atomic E-state index is 8.98. The molecule has 8 heteroatoms. The van der Waals surface area contributed by atoms with E-state index in [1.54, 1.807) is 0 Å². The molecule has 1 unspecified atom stereocenters. The van der Waals surface area contributed by atoms with E-state index in [4.69, 9.17) is 10.2 Å². The molecule has 0 saturated carbocycles. The molecule has 2 saturated heterocycles. The number of H-pyrrole nitrogens is 1. The van der Waals surface area contributed by atoms with Crippen LogP contribution in [0, 0.1) is 25.2 Å². The van der Waals surface area contributed by atoms with Crippen molar-refractivity contribution in [2.24, 2.45) is 0 Å². The number of hydrogen-bond donors (Lipinski definition) is 3. The van der Waals surface area contributed by atoms with Gasteiger partial charge in [0, 0.05) is 60.0 Å². The average Bonchev–Trinajstić information content (AvgIpc) is 3.28. The van der Waals surface area contributed by atoms with Crippen molar-refractivity contribution >= 4 is 28.4 Å². The van der Waals surface area contributed by atoms with Crippen molar-refractivity contribution in [1.29, 1.82) is 5.26 Å². The molecule has 31 heavy (non-hydrogen) atoms. The van der Waals surface area contributed by atoms with Crippen LogP contribution in [0.25, 0.3) is 10.9 Å².